The van der Waals surface area contributed by atoms with E-state index < -0.39 is 15.8 Å². The van der Waals surface area contributed by atoms with E-state index in [9.17, 15) is 12.8 Å². The van der Waals surface area contributed by atoms with Crippen LogP contribution < -0.4 is 14.4 Å². The molecule has 0 aliphatic carbocycles. The number of fused-ring (bicyclic) bond motifs is 1. The smallest absolute Gasteiger partial charge is 0.243 e. The molecule has 30 heavy (non-hydrogen) atoms. The standard InChI is InChI=1S/C20H21FN4O4S/c1-28-17-7-6-14(12-18(17)29-2)30(26,27)25-10-8-24(9-11-25)20-19-15(21)4-3-5-16(19)22-13-23-20/h3-7,12-13H,8-11H2,1-2H3. The maximum atomic E-state index is 14.4. The number of hydrogen-bond donors (Lipinski definition) is 0. The van der Waals surface area contributed by atoms with E-state index in [1.165, 1.54) is 43.1 Å². The van der Waals surface area contributed by atoms with Crippen molar-refractivity contribution in [1.82, 2.24) is 14.3 Å². The largest absolute Gasteiger partial charge is 0.493 e. The molecule has 0 saturated carbocycles. The number of aromatic nitrogens is 2. The Hall–Kier alpha value is -2.98. The molecular weight excluding hydrogens is 411 g/mol. The lowest BCUT2D eigenvalue weighted by atomic mass is 10.2. The molecule has 158 valence electrons. The Morgan fingerprint density at radius 1 is 0.967 bits per heavy atom. The van der Waals surface area contributed by atoms with Gasteiger partial charge in [0.25, 0.3) is 0 Å². The lowest BCUT2D eigenvalue weighted by Crippen LogP contribution is -2.49. The SMILES string of the molecule is COc1ccc(S(=O)(=O)N2CCN(c3ncnc4cccc(F)c34)CC2)cc1OC. The van der Waals surface area contributed by atoms with E-state index in [4.69, 9.17) is 9.47 Å². The third-order valence-electron chi connectivity index (χ3n) is 5.12. The molecule has 1 saturated heterocycles. The quantitative estimate of drug-likeness (QED) is 0.612. The van der Waals surface area contributed by atoms with Crippen LogP contribution in [0.1, 0.15) is 0 Å². The number of anilines is 1. The number of nitrogens with zero attached hydrogens (tertiary/aromatic N) is 4. The summed E-state index contributed by atoms with van der Waals surface area (Å²) in [5.74, 6) is 0.879. The van der Waals surface area contributed by atoms with Gasteiger partial charge in [-0.2, -0.15) is 4.31 Å². The molecule has 1 fully saturated rings. The highest BCUT2D eigenvalue weighted by Gasteiger charge is 2.30. The lowest BCUT2D eigenvalue weighted by molar-refractivity contribution is 0.353. The molecule has 0 amide bonds. The first-order valence-corrected chi connectivity index (χ1v) is 10.8. The Morgan fingerprint density at radius 2 is 1.70 bits per heavy atom. The highest BCUT2D eigenvalue weighted by atomic mass is 32.2. The minimum atomic E-state index is -3.71. The van der Waals surface area contributed by atoms with Crippen molar-refractivity contribution in [3.05, 3.63) is 48.5 Å². The maximum Gasteiger partial charge on any atom is 0.243 e. The van der Waals surface area contributed by atoms with Gasteiger partial charge in [-0.3, -0.25) is 0 Å². The third-order valence-corrected chi connectivity index (χ3v) is 7.02. The van der Waals surface area contributed by atoms with Crippen molar-refractivity contribution in [3.63, 3.8) is 0 Å². The summed E-state index contributed by atoms with van der Waals surface area (Å²) in [4.78, 5) is 10.4. The normalized spacial score (nSPS) is 15.4. The Labute approximate surface area is 173 Å². The summed E-state index contributed by atoms with van der Waals surface area (Å²) in [6.45, 7) is 1.26. The average Bonchev–Trinajstić information content (AvgIpc) is 2.78. The predicted octanol–water partition coefficient (Wildman–Crippen LogP) is 2.30. The summed E-state index contributed by atoms with van der Waals surface area (Å²) >= 11 is 0. The van der Waals surface area contributed by atoms with Crippen LogP contribution in [-0.4, -0.2) is 63.1 Å². The summed E-state index contributed by atoms with van der Waals surface area (Å²) in [5, 5.41) is 0.344. The van der Waals surface area contributed by atoms with Gasteiger partial charge in [0.2, 0.25) is 10.0 Å². The first-order valence-electron chi connectivity index (χ1n) is 9.32. The van der Waals surface area contributed by atoms with Gasteiger partial charge < -0.3 is 14.4 Å². The first kappa shape index (κ1) is 20.3. The predicted molar refractivity (Wildman–Crippen MR) is 110 cm³/mol. The molecule has 4 rings (SSSR count). The number of benzene rings is 2. The molecule has 3 aromatic rings. The second-order valence-electron chi connectivity index (χ2n) is 6.74. The van der Waals surface area contributed by atoms with E-state index in [2.05, 4.69) is 9.97 Å². The molecule has 1 aliphatic heterocycles. The highest BCUT2D eigenvalue weighted by molar-refractivity contribution is 7.89. The molecule has 8 nitrogen and oxygen atoms in total. The van der Waals surface area contributed by atoms with E-state index >= 15 is 0 Å². The Bertz CT molecular complexity index is 1180. The maximum absolute atomic E-state index is 14.4. The van der Waals surface area contributed by atoms with Crippen molar-refractivity contribution < 1.29 is 22.3 Å². The monoisotopic (exact) mass is 432 g/mol. The Morgan fingerprint density at radius 3 is 2.40 bits per heavy atom. The Balaban J connectivity index is 1.57. The molecule has 1 aliphatic rings. The summed E-state index contributed by atoms with van der Waals surface area (Å²) in [5.41, 5.74) is 0.514. The van der Waals surface area contributed by atoms with E-state index in [-0.39, 0.29) is 18.0 Å². The zero-order valence-electron chi connectivity index (χ0n) is 16.6. The zero-order valence-corrected chi connectivity index (χ0v) is 17.4. The Kier molecular flexibility index (Phi) is 5.44. The third kappa shape index (κ3) is 3.52. The van der Waals surface area contributed by atoms with Gasteiger partial charge in [-0.05, 0) is 24.3 Å². The molecule has 0 unspecified atom stereocenters. The van der Waals surface area contributed by atoms with Crippen LogP contribution in [0, 0.1) is 5.82 Å². The minimum Gasteiger partial charge on any atom is -0.493 e. The van der Waals surface area contributed by atoms with Crippen LogP contribution in [0.5, 0.6) is 11.5 Å². The molecule has 0 N–H and O–H groups in total. The molecule has 1 aromatic heterocycles. The average molecular weight is 432 g/mol. The second-order valence-corrected chi connectivity index (χ2v) is 8.68. The molecule has 2 aromatic carbocycles. The van der Waals surface area contributed by atoms with Crippen LogP contribution in [0.4, 0.5) is 10.2 Å². The van der Waals surface area contributed by atoms with Gasteiger partial charge in [0, 0.05) is 32.2 Å². The molecule has 10 heteroatoms. The summed E-state index contributed by atoms with van der Waals surface area (Å²) < 4.78 is 52.4. The van der Waals surface area contributed by atoms with Gasteiger partial charge in [0.15, 0.2) is 11.5 Å². The summed E-state index contributed by atoms with van der Waals surface area (Å²) in [7, 11) is -0.764. The second kappa shape index (κ2) is 8.04. The van der Waals surface area contributed by atoms with Crippen LogP contribution in [0.2, 0.25) is 0 Å². The molecule has 0 bridgehead atoms. The van der Waals surface area contributed by atoms with Crippen LogP contribution in [0.25, 0.3) is 10.9 Å². The lowest BCUT2D eigenvalue weighted by Gasteiger charge is -2.35. The van der Waals surface area contributed by atoms with Crippen molar-refractivity contribution in [2.75, 3.05) is 45.3 Å². The van der Waals surface area contributed by atoms with Crippen LogP contribution in [-0.2, 0) is 10.0 Å². The molecule has 0 radical (unpaired) electrons. The van der Waals surface area contributed by atoms with Crippen LogP contribution >= 0.6 is 0 Å². The van der Waals surface area contributed by atoms with Crippen LogP contribution in [0.15, 0.2) is 47.6 Å². The van der Waals surface area contributed by atoms with Gasteiger partial charge in [-0.15, -0.1) is 0 Å². The van der Waals surface area contributed by atoms with Crippen molar-refractivity contribution in [2.45, 2.75) is 4.90 Å². The number of sulfonamides is 1. The number of hydrogen-bond acceptors (Lipinski definition) is 7. The van der Waals surface area contributed by atoms with Gasteiger partial charge in [0.1, 0.15) is 18.0 Å². The van der Waals surface area contributed by atoms with E-state index in [1.54, 1.807) is 18.2 Å². The highest BCUT2D eigenvalue weighted by Crippen LogP contribution is 2.32. The fourth-order valence-corrected chi connectivity index (χ4v) is 5.00. The van der Waals surface area contributed by atoms with E-state index in [0.717, 1.165) is 0 Å². The van der Waals surface area contributed by atoms with Gasteiger partial charge >= 0.3 is 0 Å². The fraction of sp³-hybridized carbons (Fsp3) is 0.300. The molecule has 0 spiro atoms. The van der Waals surface area contributed by atoms with E-state index in [0.29, 0.717) is 41.3 Å². The molecule has 2 heterocycles. The van der Waals surface area contributed by atoms with Crippen LogP contribution in [0.3, 0.4) is 0 Å². The number of halogens is 1. The first-order chi connectivity index (χ1) is 14.5. The van der Waals surface area contributed by atoms with Crippen molar-refractivity contribution in [3.8, 4) is 11.5 Å². The topological polar surface area (TPSA) is 84.9 Å². The number of rotatable bonds is 5. The number of piperazine rings is 1. The van der Waals surface area contributed by atoms with Crippen molar-refractivity contribution >= 4 is 26.7 Å². The number of methoxy groups -OCH3 is 2. The van der Waals surface area contributed by atoms with Gasteiger partial charge in [0.05, 0.1) is 30.0 Å². The summed E-state index contributed by atoms with van der Waals surface area (Å²) in [6.07, 6.45) is 1.39. The van der Waals surface area contributed by atoms with E-state index in [1.807, 2.05) is 4.90 Å². The van der Waals surface area contributed by atoms with Crippen molar-refractivity contribution in [1.29, 1.82) is 0 Å². The van der Waals surface area contributed by atoms with Gasteiger partial charge in [-0.1, -0.05) is 6.07 Å². The zero-order chi connectivity index (χ0) is 21.3. The van der Waals surface area contributed by atoms with Gasteiger partial charge in [-0.25, -0.2) is 22.8 Å². The molecule has 0 atom stereocenters. The molecular formula is C20H21FN4O4S. The van der Waals surface area contributed by atoms with Crippen molar-refractivity contribution in [2.24, 2.45) is 0 Å². The minimum absolute atomic E-state index is 0.132. The summed E-state index contributed by atoms with van der Waals surface area (Å²) in [6, 6.07) is 9.21. The number of ether oxygens (including phenoxy) is 2. The fourth-order valence-electron chi connectivity index (χ4n) is 3.56.